The van der Waals surface area contributed by atoms with E-state index in [1.54, 1.807) is 14.2 Å². The Hall–Kier alpha value is -1.30. The van der Waals surface area contributed by atoms with Gasteiger partial charge in [0.25, 0.3) is 0 Å². The SMILES string of the molecule is CCOC(OCC)C(NC)c1c(OC)cccc1OC. The maximum atomic E-state index is 5.69. The molecule has 0 aliphatic carbocycles. The fourth-order valence-electron chi connectivity index (χ4n) is 2.17. The van der Waals surface area contributed by atoms with Crippen molar-refractivity contribution in [1.29, 1.82) is 0 Å². The third kappa shape index (κ3) is 3.85. The van der Waals surface area contributed by atoms with Gasteiger partial charge in [-0.15, -0.1) is 0 Å². The first-order chi connectivity index (χ1) is 9.73. The average molecular weight is 283 g/mol. The highest BCUT2D eigenvalue weighted by Crippen LogP contribution is 2.36. The molecule has 0 aromatic heterocycles. The molecule has 0 aliphatic heterocycles. The summed E-state index contributed by atoms with van der Waals surface area (Å²) in [6.45, 7) is 5.02. The van der Waals surface area contributed by atoms with E-state index >= 15 is 0 Å². The van der Waals surface area contributed by atoms with Crippen LogP contribution in [0.4, 0.5) is 0 Å². The third-order valence-electron chi connectivity index (χ3n) is 3.02. The zero-order chi connectivity index (χ0) is 15.0. The second-order valence-electron chi connectivity index (χ2n) is 4.12. The molecule has 0 heterocycles. The van der Waals surface area contributed by atoms with Crippen LogP contribution in [0.1, 0.15) is 25.5 Å². The molecule has 1 unspecified atom stereocenters. The standard InChI is InChI=1S/C15H25NO4/c1-6-19-15(20-7-2)14(16-3)13-11(17-4)9-8-10-12(13)18-5/h8-10,14-16H,6-7H2,1-5H3. The fourth-order valence-corrected chi connectivity index (χ4v) is 2.17. The van der Waals surface area contributed by atoms with Crippen molar-refractivity contribution in [2.24, 2.45) is 0 Å². The first kappa shape index (κ1) is 16.8. The molecular formula is C15H25NO4. The molecule has 0 aliphatic rings. The van der Waals surface area contributed by atoms with Crippen molar-refractivity contribution in [3.05, 3.63) is 23.8 Å². The summed E-state index contributed by atoms with van der Waals surface area (Å²) in [5.41, 5.74) is 0.895. The molecule has 20 heavy (non-hydrogen) atoms. The summed E-state index contributed by atoms with van der Waals surface area (Å²) >= 11 is 0. The molecule has 1 atom stereocenters. The van der Waals surface area contributed by atoms with E-state index in [0.717, 1.165) is 17.1 Å². The predicted molar refractivity (Wildman–Crippen MR) is 78.4 cm³/mol. The minimum Gasteiger partial charge on any atom is -0.496 e. The van der Waals surface area contributed by atoms with E-state index in [0.29, 0.717) is 13.2 Å². The summed E-state index contributed by atoms with van der Waals surface area (Å²) in [6.07, 6.45) is -0.403. The smallest absolute Gasteiger partial charge is 0.177 e. The molecule has 1 rings (SSSR count). The highest BCUT2D eigenvalue weighted by molar-refractivity contribution is 5.47. The van der Waals surface area contributed by atoms with Gasteiger partial charge in [0.2, 0.25) is 0 Å². The van der Waals surface area contributed by atoms with Gasteiger partial charge in [0.15, 0.2) is 6.29 Å². The lowest BCUT2D eigenvalue weighted by Gasteiger charge is -2.29. The third-order valence-corrected chi connectivity index (χ3v) is 3.02. The Morgan fingerprint density at radius 1 is 1.00 bits per heavy atom. The van der Waals surface area contributed by atoms with Crippen LogP contribution in [-0.2, 0) is 9.47 Å². The van der Waals surface area contributed by atoms with E-state index in [1.807, 2.05) is 39.1 Å². The first-order valence-corrected chi connectivity index (χ1v) is 6.84. The lowest BCUT2D eigenvalue weighted by molar-refractivity contribution is -0.154. The minimum absolute atomic E-state index is 0.180. The Bertz CT molecular complexity index is 369. The zero-order valence-electron chi connectivity index (χ0n) is 12.9. The van der Waals surface area contributed by atoms with Crippen LogP contribution >= 0.6 is 0 Å². The molecule has 0 fully saturated rings. The van der Waals surface area contributed by atoms with Crippen molar-refractivity contribution in [3.63, 3.8) is 0 Å². The largest absolute Gasteiger partial charge is 0.496 e. The van der Waals surface area contributed by atoms with E-state index < -0.39 is 6.29 Å². The molecule has 0 radical (unpaired) electrons. The summed E-state index contributed by atoms with van der Waals surface area (Å²) in [5, 5.41) is 3.23. The van der Waals surface area contributed by atoms with Gasteiger partial charge < -0.3 is 24.3 Å². The van der Waals surface area contributed by atoms with Crippen molar-refractivity contribution in [2.45, 2.75) is 26.2 Å². The van der Waals surface area contributed by atoms with E-state index in [1.165, 1.54) is 0 Å². The number of likely N-dealkylation sites (N-methyl/N-ethyl adjacent to an activating group) is 1. The van der Waals surface area contributed by atoms with Crippen LogP contribution in [-0.4, -0.2) is 40.8 Å². The van der Waals surface area contributed by atoms with Crippen molar-refractivity contribution in [1.82, 2.24) is 5.32 Å². The van der Waals surface area contributed by atoms with E-state index in [9.17, 15) is 0 Å². The summed E-state index contributed by atoms with van der Waals surface area (Å²) < 4.78 is 22.3. The van der Waals surface area contributed by atoms with Crippen LogP contribution in [0.3, 0.4) is 0 Å². The topological polar surface area (TPSA) is 49.0 Å². The maximum absolute atomic E-state index is 5.69. The van der Waals surface area contributed by atoms with Gasteiger partial charge in [0.05, 0.1) is 25.8 Å². The molecule has 1 aromatic carbocycles. The lowest BCUT2D eigenvalue weighted by atomic mass is 10.0. The molecule has 5 heteroatoms. The normalized spacial score (nSPS) is 12.5. The molecule has 0 bridgehead atoms. The number of methoxy groups -OCH3 is 2. The van der Waals surface area contributed by atoms with Gasteiger partial charge in [-0.3, -0.25) is 0 Å². The Balaban J connectivity index is 3.20. The number of hydrogen-bond acceptors (Lipinski definition) is 5. The van der Waals surface area contributed by atoms with Crippen molar-refractivity contribution < 1.29 is 18.9 Å². The van der Waals surface area contributed by atoms with Gasteiger partial charge in [-0.25, -0.2) is 0 Å². The van der Waals surface area contributed by atoms with E-state index in [-0.39, 0.29) is 6.04 Å². The monoisotopic (exact) mass is 283 g/mol. The van der Waals surface area contributed by atoms with Crippen LogP contribution < -0.4 is 14.8 Å². The number of ether oxygens (including phenoxy) is 4. The molecule has 5 nitrogen and oxygen atoms in total. The average Bonchev–Trinajstić information content (AvgIpc) is 2.48. The zero-order valence-corrected chi connectivity index (χ0v) is 12.9. The molecule has 0 spiro atoms. The van der Waals surface area contributed by atoms with Gasteiger partial charge in [0.1, 0.15) is 11.5 Å². The lowest BCUT2D eigenvalue weighted by Crippen LogP contribution is -2.34. The van der Waals surface area contributed by atoms with Crippen LogP contribution in [0.25, 0.3) is 0 Å². The highest BCUT2D eigenvalue weighted by Gasteiger charge is 2.28. The summed E-state index contributed by atoms with van der Waals surface area (Å²) in [4.78, 5) is 0. The van der Waals surface area contributed by atoms with Crippen LogP contribution in [0.15, 0.2) is 18.2 Å². The predicted octanol–water partition coefficient (Wildman–Crippen LogP) is 2.36. The van der Waals surface area contributed by atoms with Gasteiger partial charge in [-0.2, -0.15) is 0 Å². The van der Waals surface area contributed by atoms with Crippen molar-refractivity contribution >= 4 is 0 Å². The highest BCUT2D eigenvalue weighted by atomic mass is 16.7. The summed E-state index contributed by atoms with van der Waals surface area (Å²) in [6, 6.07) is 5.51. The number of benzene rings is 1. The second-order valence-corrected chi connectivity index (χ2v) is 4.12. The number of nitrogens with one attached hydrogen (secondary N) is 1. The summed E-state index contributed by atoms with van der Waals surface area (Å²) in [7, 11) is 5.14. The minimum atomic E-state index is -0.403. The Morgan fingerprint density at radius 2 is 1.50 bits per heavy atom. The molecule has 1 aromatic rings. The van der Waals surface area contributed by atoms with Gasteiger partial charge >= 0.3 is 0 Å². The van der Waals surface area contributed by atoms with Gasteiger partial charge in [-0.05, 0) is 33.0 Å². The van der Waals surface area contributed by atoms with Crippen molar-refractivity contribution in [3.8, 4) is 11.5 Å². The van der Waals surface area contributed by atoms with E-state index in [2.05, 4.69) is 5.32 Å². The molecule has 1 N–H and O–H groups in total. The molecular weight excluding hydrogens is 258 g/mol. The molecule has 0 saturated carbocycles. The Labute approximate surface area is 121 Å². The van der Waals surface area contributed by atoms with Crippen LogP contribution in [0.2, 0.25) is 0 Å². The quantitative estimate of drug-likeness (QED) is 0.705. The van der Waals surface area contributed by atoms with Gasteiger partial charge in [0, 0.05) is 13.2 Å². The summed E-state index contributed by atoms with van der Waals surface area (Å²) in [5.74, 6) is 1.49. The van der Waals surface area contributed by atoms with Crippen LogP contribution in [0.5, 0.6) is 11.5 Å². The fraction of sp³-hybridized carbons (Fsp3) is 0.600. The number of rotatable bonds is 9. The first-order valence-electron chi connectivity index (χ1n) is 6.84. The second kappa shape index (κ2) is 8.79. The molecule has 114 valence electrons. The Kier molecular flexibility index (Phi) is 7.36. The van der Waals surface area contributed by atoms with Crippen molar-refractivity contribution in [2.75, 3.05) is 34.5 Å². The number of hydrogen-bond donors (Lipinski definition) is 1. The van der Waals surface area contributed by atoms with Crippen LogP contribution in [0, 0.1) is 0 Å². The molecule has 0 saturated heterocycles. The maximum Gasteiger partial charge on any atom is 0.177 e. The van der Waals surface area contributed by atoms with Gasteiger partial charge in [-0.1, -0.05) is 6.07 Å². The van der Waals surface area contributed by atoms with E-state index in [4.69, 9.17) is 18.9 Å². The molecule has 0 amide bonds. The Morgan fingerprint density at radius 3 is 1.85 bits per heavy atom.